The van der Waals surface area contributed by atoms with Crippen molar-refractivity contribution in [1.29, 1.82) is 0 Å². The van der Waals surface area contributed by atoms with E-state index in [-0.39, 0.29) is 34.2 Å². The van der Waals surface area contributed by atoms with E-state index < -0.39 is 11.9 Å². The minimum absolute atomic E-state index is 0.0166. The van der Waals surface area contributed by atoms with Gasteiger partial charge in [0.05, 0.1) is 22.3 Å². The second-order valence-electron chi connectivity index (χ2n) is 7.63. The smallest absolute Gasteiger partial charge is 0.343 e. The molecule has 6 nitrogen and oxygen atoms in total. The predicted octanol–water partition coefficient (Wildman–Crippen LogP) is 5.68. The van der Waals surface area contributed by atoms with Crippen LogP contribution in [0.5, 0.6) is 11.5 Å². The molecule has 0 N–H and O–H groups in total. The summed E-state index contributed by atoms with van der Waals surface area (Å²) >= 11 is 0. The van der Waals surface area contributed by atoms with Gasteiger partial charge in [-0.3, -0.25) is 9.59 Å². The average molecular weight is 452 g/mol. The van der Waals surface area contributed by atoms with Crippen LogP contribution in [0.15, 0.2) is 84.9 Å². The lowest BCUT2D eigenvalue weighted by atomic mass is 9.97. The fourth-order valence-electron chi connectivity index (χ4n) is 3.61. The lowest BCUT2D eigenvalue weighted by Gasteiger charge is -2.14. The molecule has 0 saturated heterocycles. The normalized spacial score (nSPS) is 10.5. The zero-order valence-corrected chi connectivity index (χ0v) is 18.5. The minimum atomic E-state index is -0.640. The second-order valence-corrected chi connectivity index (χ2v) is 7.63. The van der Waals surface area contributed by atoms with E-state index in [1.165, 1.54) is 26.0 Å². The van der Waals surface area contributed by atoms with Gasteiger partial charge in [0.2, 0.25) is 0 Å². The molecule has 168 valence electrons. The van der Waals surface area contributed by atoms with Crippen molar-refractivity contribution in [2.45, 2.75) is 13.8 Å². The van der Waals surface area contributed by atoms with Crippen molar-refractivity contribution in [2.24, 2.45) is 0 Å². The Bertz CT molecular complexity index is 1420. The number of benzene rings is 4. The largest absolute Gasteiger partial charge is 0.422 e. The summed E-state index contributed by atoms with van der Waals surface area (Å²) in [4.78, 5) is 50.1. The maximum absolute atomic E-state index is 12.6. The monoisotopic (exact) mass is 452 g/mol. The molecule has 0 aliphatic carbocycles. The zero-order valence-electron chi connectivity index (χ0n) is 18.5. The van der Waals surface area contributed by atoms with Crippen LogP contribution in [-0.2, 0) is 0 Å². The first kappa shape index (κ1) is 22.6. The fraction of sp³-hybridized carbons (Fsp3) is 0.0714. The Kier molecular flexibility index (Phi) is 6.32. The first-order valence-corrected chi connectivity index (χ1v) is 10.5. The Balaban J connectivity index is 1.81. The highest BCUT2D eigenvalue weighted by Crippen LogP contribution is 2.34. The maximum Gasteiger partial charge on any atom is 0.343 e. The molecule has 0 atom stereocenters. The molecule has 0 amide bonds. The van der Waals surface area contributed by atoms with E-state index in [9.17, 15) is 19.2 Å². The van der Waals surface area contributed by atoms with E-state index in [0.717, 1.165) is 0 Å². The van der Waals surface area contributed by atoms with Gasteiger partial charge in [-0.25, -0.2) is 9.59 Å². The van der Waals surface area contributed by atoms with Gasteiger partial charge in [-0.1, -0.05) is 42.5 Å². The van der Waals surface area contributed by atoms with Crippen LogP contribution < -0.4 is 9.47 Å². The minimum Gasteiger partial charge on any atom is -0.422 e. The topological polar surface area (TPSA) is 86.7 Å². The Morgan fingerprint density at radius 1 is 0.588 bits per heavy atom. The summed E-state index contributed by atoms with van der Waals surface area (Å²) in [6, 6.07) is 22.9. The molecule has 0 heterocycles. The van der Waals surface area contributed by atoms with Gasteiger partial charge in [-0.2, -0.15) is 0 Å². The van der Waals surface area contributed by atoms with E-state index in [2.05, 4.69) is 0 Å². The number of esters is 2. The Labute approximate surface area is 195 Å². The molecule has 34 heavy (non-hydrogen) atoms. The number of ether oxygens (including phenoxy) is 2. The number of Topliss-reactive ketones (excluding diaryl/α,β-unsaturated/α-hetero) is 2. The third-order valence-electron chi connectivity index (χ3n) is 5.24. The lowest BCUT2D eigenvalue weighted by molar-refractivity contribution is 0.0723. The molecular weight excluding hydrogens is 432 g/mol. The molecule has 0 spiro atoms. The number of hydrogen-bond donors (Lipinski definition) is 0. The summed E-state index contributed by atoms with van der Waals surface area (Å²) in [5, 5.41) is 0.959. The van der Waals surface area contributed by atoms with Gasteiger partial charge in [-0.05, 0) is 67.1 Å². The van der Waals surface area contributed by atoms with Crippen molar-refractivity contribution < 1.29 is 28.7 Å². The zero-order chi connectivity index (χ0) is 24.2. The third kappa shape index (κ3) is 4.61. The molecule has 0 aliphatic rings. The maximum atomic E-state index is 12.6. The fourth-order valence-corrected chi connectivity index (χ4v) is 3.61. The summed E-state index contributed by atoms with van der Waals surface area (Å²) in [5.74, 6) is -1.82. The van der Waals surface area contributed by atoms with E-state index >= 15 is 0 Å². The standard InChI is InChI=1S/C28H20O6/c1-17(29)22-15-21-13-14-24(33-27(31)19-9-5-3-6-10-19)26(18(2)30)23(21)16-25(22)34-28(32)20-11-7-4-8-12-20/h3-16H,1-2H3. The van der Waals surface area contributed by atoms with Gasteiger partial charge >= 0.3 is 11.9 Å². The van der Waals surface area contributed by atoms with Gasteiger partial charge in [0.1, 0.15) is 11.5 Å². The number of ketones is 2. The summed E-state index contributed by atoms with van der Waals surface area (Å²) < 4.78 is 11.1. The van der Waals surface area contributed by atoms with Crippen molar-refractivity contribution in [2.75, 3.05) is 0 Å². The summed E-state index contributed by atoms with van der Waals surface area (Å²) in [6.07, 6.45) is 0. The van der Waals surface area contributed by atoms with Crippen molar-refractivity contribution in [1.82, 2.24) is 0 Å². The molecule has 0 radical (unpaired) electrons. The van der Waals surface area contributed by atoms with E-state index in [4.69, 9.17) is 9.47 Å². The van der Waals surface area contributed by atoms with E-state index in [1.807, 2.05) is 0 Å². The van der Waals surface area contributed by atoms with E-state index in [1.54, 1.807) is 72.8 Å². The number of rotatable bonds is 6. The number of hydrogen-bond acceptors (Lipinski definition) is 6. The van der Waals surface area contributed by atoms with Gasteiger partial charge in [0, 0.05) is 0 Å². The van der Waals surface area contributed by atoms with Crippen LogP contribution in [0.3, 0.4) is 0 Å². The number of carbonyl (C=O) groups excluding carboxylic acids is 4. The van der Waals surface area contributed by atoms with Gasteiger partial charge in [0.25, 0.3) is 0 Å². The number of fused-ring (bicyclic) bond motifs is 1. The average Bonchev–Trinajstić information content (AvgIpc) is 2.84. The molecule has 4 aromatic rings. The molecule has 0 aromatic heterocycles. The second kappa shape index (κ2) is 9.50. The molecule has 0 saturated carbocycles. The van der Waals surface area contributed by atoms with Crippen molar-refractivity contribution in [3.05, 3.63) is 107 Å². The van der Waals surface area contributed by atoms with E-state index in [0.29, 0.717) is 21.9 Å². The van der Waals surface area contributed by atoms with Crippen LogP contribution in [0.25, 0.3) is 10.8 Å². The van der Waals surface area contributed by atoms with Crippen LogP contribution >= 0.6 is 0 Å². The molecule has 6 heteroatoms. The van der Waals surface area contributed by atoms with Crippen LogP contribution in [0, 0.1) is 0 Å². The molecule has 0 fully saturated rings. The van der Waals surface area contributed by atoms with Gasteiger partial charge in [0.15, 0.2) is 11.6 Å². The first-order valence-electron chi connectivity index (χ1n) is 10.5. The Hall–Kier alpha value is -4.58. The van der Waals surface area contributed by atoms with Crippen molar-refractivity contribution in [3.8, 4) is 11.5 Å². The van der Waals surface area contributed by atoms with Crippen LogP contribution in [0.1, 0.15) is 55.3 Å². The highest BCUT2D eigenvalue weighted by Gasteiger charge is 2.21. The Morgan fingerprint density at radius 2 is 1.12 bits per heavy atom. The molecule has 4 rings (SSSR count). The molecule has 0 bridgehead atoms. The summed E-state index contributed by atoms with van der Waals surface area (Å²) in [6.45, 7) is 2.71. The molecular formula is C28H20O6. The van der Waals surface area contributed by atoms with Crippen LogP contribution in [-0.4, -0.2) is 23.5 Å². The van der Waals surface area contributed by atoms with Gasteiger partial charge < -0.3 is 9.47 Å². The predicted molar refractivity (Wildman–Crippen MR) is 127 cm³/mol. The highest BCUT2D eigenvalue weighted by atomic mass is 16.5. The molecule has 4 aromatic carbocycles. The van der Waals surface area contributed by atoms with Gasteiger partial charge in [-0.15, -0.1) is 0 Å². The lowest BCUT2D eigenvalue weighted by Crippen LogP contribution is -2.12. The summed E-state index contributed by atoms with van der Waals surface area (Å²) in [5.41, 5.74) is 0.991. The summed E-state index contributed by atoms with van der Waals surface area (Å²) in [7, 11) is 0. The Morgan fingerprint density at radius 3 is 1.62 bits per heavy atom. The third-order valence-corrected chi connectivity index (χ3v) is 5.24. The van der Waals surface area contributed by atoms with Crippen LogP contribution in [0.2, 0.25) is 0 Å². The van der Waals surface area contributed by atoms with Crippen molar-refractivity contribution in [3.63, 3.8) is 0 Å². The highest BCUT2D eigenvalue weighted by molar-refractivity contribution is 6.12. The number of carbonyl (C=O) groups is 4. The quantitative estimate of drug-likeness (QED) is 0.212. The van der Waals surface area contributed by atoms with Crippen LogP contribution in [0.4, 0.5) is 0 Å². The SMILES string of the molecule is CC(=O)c1cc2ccc(OC(=O)c3ccccc3)c(C(C)=O)c2cc1OC(=O)c1ccccc1. The first-order chi connectivity index (χ1) is 16.3. The molecule has 0 unspecified atom stereocenters. The molecule has 0 aliphatic heterocycles. The van der Waals surface area contributed by atoms with Crippen molar-refractivity contribution >= 4 is 34.3 Å².